The number of carbonyl (C=O) groups excluding carboxylic acids is 1. The number of imidazole rings is 1. The minimum absolute atomic E-state index is 0.0371. The number of hydrogen-bond donors (Lipinski definition) is 1. The number of nitrogens with one attached hydrogen (secondary N) is 1. The van der Waals surface area contributed by atoms with Gasteiger partial charge in [0.15, 0.2) is 0 Å². The van der Waals surface area contributed by atoms with Gasteiger partial charge in [-0.1, -0.05) is 29.8 Å². The molecule has 0 unspecified atom stereocenters. The zero-order valence-electron chi connectivity index (χ0n) is 13.3. The van der Waals surface area contributed by atoms with E-state index in [1.807, 2.05) is 67.1 Å². The highest BCUT2D eigenvalue weighted by Gasteiger charge is 2.08. The van der Waals surface area contributed by atoms with E-state index < -0.39 is 0 Å². The van der Waals surface area contributed by atoms with E-state index in [1.54, 1.807) is 12.5 Å². The summed E-state index contributed by atoms with van der Waals surface area (Å²) in [4.78, 5) is 16.4. The van der Waals surface area contributed by atoms with Crippen LogP contribution >= 0.6 is 0 Å². The molecule has 0 aliphatic heterocycles. The Morgan fingerprint density at radius 2 is 1.91 bits per heavy atom. The SMILES string of the molecule is Cc1ccc(C)c(C(=O)NCc2ccc(-n3ccnc3)cc2)c1. The first-order chi connectivity index (χ1) is 11.1. The summed E-state index contributed by atoms with van der Waals surface area (Å²) in [5.74, 6) is -0.0371. The smallest absolute Gasteiger partial charge is 0.251 e. The van der Waals surface area contributed by atoms with Crippen molar-refractivity contribution >= 4 is 5.91 Å². The molecular formula is C19H19N3O. The molecule has 0 bridgehead atoms. The molecule has 1 aromatic heterocycles. The van der Waals surface area contributed by atoms with E-state index in [0.29, 0.717) is 6.54 Å². The molecule has 0 radical (unpaired) electrons. The molecule has 3 rings (SSSR count). The molecule has 1 N–H and O–H groups in total. The highest BCUT2D eigenvalue weighted by Crippen LogP contribution is 2.12. The third-order valence-electron chi connectivity index (χ3n) is 3.83. The van der Waals surface area contributed by atoms with Crippen LogP contribution in [0.1, 0.15) is 27.0 Å². The first kappa shape index (κ1) is 15.0. The Bertz CT molecular complexity index is 805. The third kappa shape index (κ3) is 3.48. The van der Waals surface area contributed by atoms with Crippen molar-refractivity contribution in [3.05, 3.63) is 83.4 Å². The van der Waals surface area contributed by atoms with Crippen LogP contribution in [0, 0.1) is 13.8 Å². The molecule has 0 saturated carbocycles. The number of rotatable bonds is 4. The van der Waals surface area contributed by atoms with E-state index in [-0.39, 0.29) is 5.91 Å². The average molecular weight is 305 g/mol. The van der Waals surface area contributed by atoms with Crippen LogP contribution in [0.5, 0.6) is 0 Å². The molecule has 2 aromatic carbocycles. The normalized spacial score (nSPS) is 10.5. The van der Waals surface area contributed by atoms with Crippen molar-refractivity contribution in [3.8, 4) is 5.69 Å². The summed E-state index contributed by atoms with van der Waals surface area (Å²) < 4.78 is 1.94. The van der Waals surface area contributed by atoms with Gasteiger partial charge in [-0.25, -0.2) is 4.98 Å². The van der Waals surface area contributed by atoms with Crippen molar-refractivity contribution in [2.24, 2.45) is 0 Å². The second kappa shape index (κ2) is 6.48. The average Bonchev–Trinajstić information content (AvgIpc) is 3.10. The summed E-state index contributed by atoms with van der Waals surface area (Å²) in [5.41, 5.74) is 4.92. The molecule has 116 valence electrons. The lowest BCUT2D eigenvalue weighted by atomic mass is 10.0. The van der Waals surface area contributed by atoms with Crippen LogP contribution in [-0.2, 0) is 6.54 Å². The van der Waals surface area contributed by atoms with Crippen LogP contribution in [0.4, 0.5) is 0 Å². The van der Waals surface area contributed by atoms with Gasteiger partial charge in [-0.05, 0) is 43.2 Å². The Hall–Kier alpha value is -2.88. The number of aryl methyl sites for hydroxylation is 2. The van der Waals surface area contributed by atoms with Gasteiger partial charge in [0.05, 0.1) is 6.33 Å². The lowest BCUT2D eigenvalue weighted by molar-refractivity contribution is 0.0950. The molecule has 1 amide bonds. The summed E-state index contributed by atoms with van der Waals surface area (Å²) >= 11 is 0. The molecule has 0 saturated heterocycles. The Labute approximate surface area is 135 Å². The predicted octanol–water partition coefficient (Wildman–Crippen LogP) is 3.42. The molecule has 0 fully saturated rings. The molecule has 23 heavy (non-hydrogen) atoms. The minimum atomic E-state index is -0.0371. The van der Waals surface area contributed by atoms with E-state index in [2.05, 4.69) is 10.3 Å². The molecular weight excluding hydrogens is 286 g/mol. The van der Waals surface area contributed by atoms with Crippen LogP contribution in [-0.4, -0.2) is 15.5 Å². The van der Waals surface area contributed by atoms with Crippen LogP contribution in [0.3, 0.4) is 0 Å². The van der Waals surface area contributed by atoms with Crippen molar-refractivity contribution < 1.29 is 4.79 Å². The maximum Gasteiger partial charge on any atom is 0.251 e. The van der Waals surface area contributed by atoms with Gasteiger partial charge in [0.2, 0.25) is 0 Å². The number of nitrogens with zero attached hydrogens (tertiary/aromatic N) is 2. The van der Waals surface area contributed by atoms with Crippen LogP contribution in [0.25, 0.3) is 5.69 Å². The van der Waals surface area contributed by atoms with E-state index in [1.165, 1.54) is 0 Å². The first-order valence-corrected chi connectivity index (χ1v) is 7.56. The first-order valence-electron chi connectivity index (χ1n) is 7.56. The third-order valence-corrected chi connectivity index (χ3v) is 3.83. The van der Waals surface area contributed by atoms with Crippen molar-refractivity contribution in [3.63, 3.8) is 0 Å². The lowest BCUT2D eigenvalue weighted by Crippen LogP contribution is -2.23. The zero-order chi connectivity index (χ0) is 16.2. The van der Waals surface area contributed by atoms with Crippen molar-refractivity contribution in [1.82, 2.24) is 14.9 Å². The fraction of sp³-hybridized carbons (Fsp3) is 0.158. The summed E-state index contributed by atoms with van der Waals surface area (Å²) in [5, 5.41) is 2.98. The Kier molecular flexibility index (Phi) is 4.24. The highest BCUT2D eigenvalue weighted by atomic mass is 16.1. The highest BCUT2D eigenvalue weighted by molar-refractivity contribution is 5.95. The summed E-state index contributed by atoms with van der Waals surface area (Å²) in [6.07, 6.45) is 5.41. The number of hydrogen-bond acceptors (Lipinski definition) is 2. The maximum absolute atomic E-state index is 12.3. The number of carbonyl (C=O) groups is 1. The fourth-order valence-corrected chi connectivity index (χ4v) is 2.46. The van der Waals surface area contributed by atoms with Gasteiger partial charge in [-0.15, -0.1) is 0 Å². The predicted molar refractivity (Wildman–Crippen MR) is 90.7 cm³/mol. The Morgan fingerprint density at radius 3 is 2.61 bits per heavy atom. The molecule has 0 aliphatic carbocycles. The van der Waals surface area contributed by atoms with E-state index in [4.69, 9.17) is 0 Å². The standard InChI is InChI=1S/C19H19N3O/c1-14-3-4-15(2)18(11-14)19(23)21-12-16-5-7-17(8-6-16)22-10-9-20-13-22/h3-11,13H,12H2,1-2H3,(H,21,23). The van der Waals surface area contributed by atoms with Gasteiger partial charge in [-0.2, -0.15) is 0 Å². The number of amides is 1. The summed E-state index contributed by atoms with van der Waals surface area (Å²) in [7, 11) is 0. The fourth-order valence-electron chi connectivity index (χ4n) is 2.46. The molecule has 4 heteroatoms. The Morgan fingerprint density at radius 1 is 1.13 bits per heavy atom. The maximum atomic E-state index is 12.3. The van der Waals surface area contributed by atoms with E-state index >= 15 is 0 Å². The zero-order valence-corrected chi connectivity index (χ0v) is 13.3. The van der Waals surface area contributed by atoms with E-state index in [9.17, 15) is 4.79 Å². The monoisotopic (exact) mass is 305 g/mol. The number of benzene rings is 2. The van der Waals surface area contributed by atoms with Gasteiger partial charge in [0.1, 0.15) is 0 Å². The number of aromatic nitrogens is 2. The van der Waals surface area contributed by atoms with Gasteiger partial charge in [-0.3, -0.25) is 4.79 Å². The second-order valence-electron chi connectivity index (χ2n) is 5.64. The van der Waals surface area contributed by atoms with E-state index in [0.717, 1.165) is 27.9 Å². The van der Waals surface area contributed by atoms with Gasteiger partial charge < -0.3 is 9.88 Å². The largest absolute Gasteiger partial charge is 0.348 e. The molecule has 1 heterocycles. The molecule has 0 spiro atoms. The summed E-state index contributed by atoms with van der Waals surface area (Å²) in [6.45, 7) is 4.45. The Balaban J connectivity index is 1.66. The minimum Gasteiger partial charge on any atom is -0.348 e. The lowest BCUT2D eigenvalue weighted by Gasteiger charge is -2.09. The molecule has 4 nitrogen and oxygen atoms in total. The second-order valence-corrected chi connectivity index (χ2v) is 5.64. The van der Waals surface area contributed by atoms with Crippen LogP contribution in [0.2, 0.25) is 0 Å². The van der Waals surface area contributed by atoms with Gasteiger partial charge in [0, 0.05) is 30.2 Å². The molecule has 0 aliphatic rings. The summed E-state index contributed by atoms with van der Waals surface area (Å²) in [6, 6.07) is 14.0. The quantitative estimate of drug-likeness (QED) is 0.803. The van der Waals surface area contributed by atoms with Crippen LogP contribution in [0.15, 0.2) is 61.2 Å². The van der Waals surface area contributed by atoms with Gasteiger partial charge >= 0.3 is 0 Å². The topological polar surface area (TPSA) is 46.9 Å². The molecule has 3 aromatic rings. The van der Waals surface area contributed by atoms with Crippen molar-refractivity contribution in [1.29, 1.82) is 0 Å². The van der Waals surface area contributed by atoms with Crippen molar-refractivity contribution in [2.45, 2.75) is 20.4 Å². The van der Waals surface area contributed by atoms with Crippen molar-refractivity contribution in [2.75, 3.05) is 0 Å². The van der Waals surface area contributed by atoms with Crippen LogP contribution < -0.4 is 5.32 Å². The molecule has 0 atom stereocenters. The van der Waals surface area contributed by atoms with Gasteiger partial charge in [0.25, 0.3) is 5.91 Å².